The van der Waals surface area contributed by atoms with Gasteiger partial charge in [-0.1, -0.05) is 66.2 Å². The summed E-state index contributed by atoms with van der Waals surface area (Å²) in [6, 6.07) is 16.7. The van der Waals surface area contributed by atoms with Gasteiger partial charge in [0.2, 0.25) is 0 Å². The molecule has 0 aromatic heterocycles. The van der Waals surface area contributed by atoms with Gasteiger partial charge in [0.15, 0.2) is 0 Å². The van der Waals surface area contributed by atoms with Gasteiger partial charge in [-0.15, -0.1) is 0 Å². The Labute approximate surface area is 133 Å². The highest BCUT2D eigenvalue weighted by Crippen LogP contribution is 2.51. The minimum atomic E-state index is -3.19. The Morgan fingerprint density at radius 1 is 1.05 bits per heavy atom. The molecule has 0 saturated carbocycles. The minimum Gasteiger partial charge on any atom is -0.304 e. The maximum Gasteiger partial charge on any atom is 0.383 e. The maximum atomic E-state index is 13.7. The van der Waals surface area contributed by atoms with Crippen LogP contribution in [0.2, 0.25) is 5.02 Å². The molecular formula is C18H15ClF2O. The SMILES string of the molecule is FC1(F)OC(c2ccccc2Cl)/C1=C\CCc1ccccc1. The Balaban J connectivity index is 1.74. The molecule has 1 heterocycles. The fraction of sp³-hybridized carbons (Fsp3) is 0.222. The summed E-state index contributed by atoms with van der Waals surface area (Å²) in [5, 5.41) is 0.442. The standard InChI is InChI=1S/C18H15ClF2O/c19-16-12-5-4-10-14(16)17-15(18(20,21)22-17)11-6-9-13-7-2-1-3-8-13/h1-5,7-8,10-12,17H,6,9H2/b15-11+. The van der Waals surface area contributed by atoms with Crippen LogP contribution in [0.4, 0.5) is 8.78 Å². The lowest BCUT2D eigenvalue weighted by Crippen LogP contribution is -2.41. The van der Waals surface area contributed by atoms with Crippen LogP contribution in [0.5, 0.6) is 0 Å². The molecule has 114 valence electrons. The van der Waals surface area contributed by atoms with Crippen molar-refractivity contribution in [1.29, 1.82) is 0 Å². The van der Waals surface area contributed by atoms with Crippen LogP contribution in [0.15, 0.2) is 66.2 Å². The molecule has 1 unspecified atom stereocenters. The molecule has 1 saturated heterocycles. The molecule has 22 heavy (non-hydrogen) atoms. The first-order chi connectivity index (χ1) is 10.6. The van der Waals surface area contributed by atoms with Gasteiger partial charge in [-0.3, -0.25) is 0 Å². The molecule has 1 aliphatic heterocycles. The highest BCUT2D eigenvalue weighted by Gasteiger charge is 2.53. The minimum absolute atomic E-state index is 0.00321. The molecule has 0 N–H and O–H groups in total. The van der Waals surface area contributed by atoms with Crippen LogP contribution in [0.1, 0.15) is 23.7 Å². The van der Waals surface area contributed by atoms with E-state index < -0.39 is 12.2 Å². The fourth-order valence-corrected chi connectivity index (χ4v) is 2.79. The summed E-state index contributed by atoms with van der Waals surface area (Å²) in [7, 11) is 0. The van der Waals surface area contributed by atoms with Crippen LogP contribution < -0.4 is 0 Å². The quantitative estimate of drug-likeness (QED) is 0.670. The third kappa shape index (κ3) is 3.06. The summed E-state index contributed by atoms with van der Waals surface area (Å²) in [5.74, 6) is 0. The van der Waals surface area contributed by atoms with Gasteiger partial charge < -0.3 is 4.74 Å². The molecule has 4 heteroatoms. The lowest BCUT2D eigenvalue weighted by molar-refractivity contribution is -0.300. The van der Waals surface area contributed by atoms with Crippen LogP contribution >= 0.6 is 11.6 Å². The van der Waals surface area contributed by atoms with E-state index in [1.165, 1.54) is 0 Å². The van der Waals surface area contributed by atoms with Crippen molar-refractivity contribution in [3.8, 4) is 0 Å². The van der Waals surface area contributed by atoms with Crippen molar-refractivity contribution in [2.45, 2.75) is 25.1 Å². The van der Waals surface area contributed by atoms with E-state index >= 15 is 0 Å². The molecule has 0 spiro atoms. The van der Waals surface area contributed by atoms with Gasteiger partial charge in [0.25, 0.3) is 0 Å². The van der Waals surface area contributed by atoms with E-state index in [4.69, 9.17) is 16.3 Å². The number of aryl methyl sites for hydroxylation is 1. The maximum absolute atomic E-state index is 13.7. The number of ether oxygens (including phenoxy) is 1. The molecule has 1 aliphatic rings. The van der Waals surface area contributed by atoms with Crippen LogP contribution in [0.25, 0.3) is 0 Å². The summed E-state index contributed by atoms with van der Waals surface area (Å²) in [5.41, 5.74) is 1.70. The zero-order valence-electron chi connectivity index (χ0n) is 11.8. The summed E-state index contributed by atoms with van der Waals surface area (Å²) in [4.78, 5) is 0. The topological polar surface area (TPSA) is 9.23 Å². The zero-order valence-corrected chi connectivity index (χ0v) is 12.6. The lowest BCUT2D eigenvalue weighted by atomic mass is 9.93. The van der Waals surface area contributed by atoms with Gasteiger partial charge in [-0.05, 0) is 24.5 Å². The van der Waals surface area contributed by atoms with E-state index in [0.29, 0.717) is 17.0 Å². The monoisotopic (exact) mass is 320 g/mol. The second-order valence-corrected chi connectivity index (χ2v) is 5.63. The molecule has 0 bridgehead atoms. The van der Waals surface area contributed by atoms with Gasteiger partial charge in [-0.2, -0.15) is 8.78 Å². The fourth-order valence-electron chi connectivity index (χ4n) is 2.56. The molecule has 1 fully saturated rings. The predicted molar refractivity (Wildman–Crippen MR) is 83.1 cm³/mol. The number of alkyl halides is 2. The highest BCUT2D eigenvalue weighted by molar-refractivity contribution is 6.31. The Bertz CT molecular complexity index is 682. The third-order valence-electron chi connectivity index (χ3n) is 3.71. The van der Waals surface area contributed by atoms with E-state index in [1.807, 2.05) is 30.3 Å². The summed E-state index contributed by atoms with van der Waals surface area (Å²) < 4.78 is 32.0. The van der Waals surface area contributed by atoms with Gasteiger partial charge in [0.05, 0.1) is 5.57 Å². The average molecular weight is 321 g/mol. The molecule has 1 atom stereocenters. The number of hydrogen-bond donors (Lipinski definition) is 0. The van der Waals surface area contributed by atoms with Crippen LogP contribution in [-0.2, 0) is 11.2 Å². The highest BCUT2D eigenvalue weighted by atomic mass is 35.5. The zero-order chi connectivity index (χ0) is 15.6. The summed E-state index contributed by atoms with van der Waals surface area (Å²) >= 11 is 6.07. The van der Waals surface area contributed by atoms with E-state index in [9.17, 15) is 8.78 Å². The number of rotatable bonds is 4. The molecule has 3 rings (SSSR count). The Hall–Kier alpha value is -1.71. The van der Waals surface area contributed by atoms with Gasteiger partial charge in [0, 0.05) is 10.6 Å². The van der Waals surface area contributed by atoms with Crippen molar-refractivity contribution in [2.24, 2.45) is 0 Å². The normalized spacial score (nSPS) is 21.6. The molecule has 2 aromatic rings. The van der Waals surface area contributed by atoms with Crippen molar-refractivity contribution in [3.05, 3.63) is 82.4 Å². The van der Waals surface area contributed by atoms with Crippen LogP contribution in [0, 0.1) is 0 Å². The molecule has 2 aromatic carbocycles. The molecule has 0 amide bonds. The second-order valence-electron chi connectivity index (χ2n) is 5.22. The first-order valence-corrected chi connectivity index (χ1v) is 7.50. The third-order valence-corrected chi connectivity index (χ3v) is 4.06. The largest absolute Gasteiger partial charge is 0.383 e. The molecule has 0 aliphatic carbocycles. The van der Waals surface area contributed by atoms with E-state index in [2.05, 4.69) is 0 Å². The van der Waals surface area contributed by atoms with E-state index in [0.717, 1.165) is 12.0 Å². The summed E-state index contributed by atoms with van der Waals surface area (Å²) in [6.07, 6.45) is -1.11. The number of hydrogen-bond acceptors (Lipinski definition) is 1. The van der Waals surface area contributed by atoms with Gasteiger partial charge >= 0.3 is 6.11 Å². The second kappa shape index (κ2) is 6.19. The van der Waals surface area contributed by atoms with Gasteiger partial charge in [-0.25, -0.2) is 0 Å². The Kier molecular flexibility index (Phi) is 4.27. The van der Waals surface area contributed by atoms with Crippen molar-refractivity contribution in [1.82, 2.24) is 0 Å². The Morgan fingerprint density at radius 3 is 2.41 bits per heavy atom. The molecule has 1 nitrogen and oxygen atoms in total. The van der Waals surface area contributed by atoms with Crippen molar-refractivity contribution in [3.63, 3.8) is 0 Å². The molecule has 0 radical (unpaired) electrons. The smallest absolute Gasteiger partial charge is 0.304 e. The van der Waals surface area contributed by atoms with E-state index in [-0.39, 0.29) is 5.57 Å². The van der Waals surface area contributed by atoms with Crippen LogP contribution in [-0.4, -0.2) is 6.11 Å². The lowest BCUT2D eigenvalue weighted by Gasteiger charge is -2.39. The van der Waals surface area contributed by atoms with E-state index in [1.54, 1.807) is 30.3 Å². The Morgan fingerprint density at radius 2 is 1.73 bits per heavy atom. The summed E-state index contributed by atoms with van der Waals surface area (Å²) in [6.45, 7) is 0. The van der Waals surface area contributed by atoms with Crippen molar-refractivity contribution < 1.29 is 13.5 Å². The van der Waals surface area contributed by atoms with Crippen molar-refractivity contribution >= 4 is 11.6 Å². The average Bonchev–Trinajstić information content (AvgIpc) is 2.51. The number of halogens is 3. The number of benzene rings is 2. The number of allylic oxidation sites excluding steroid dienone is 1. The van der Waals surface area contributed by atoms with Crippen LogP contribution in [0.3, 0.4) is 0 Å². The first kappa shape index (κ1) is 15.2. The predicted octanol–water partition coefficient (Wildman–Crippen LogP) is 5.56. The van der Waals surface area contributed by atoms with Gasteiger partial charge in [0.1, 0.15) is 6.10 Å². The first-order valence-electron chi connectivity index (χ1n) is 7.12. The van der Waals surface area contributed by atoms with Crippen molar-refractivity contribution in [2.75, 3.05) is 0 Å². The molecular weight excluding hydrogens is 306 g/mol.